The lowest BCUT2D eigenvalue weighted by molar-refractivity contribution is 0.425. The number of nitrogens with one attached hydrogen (secondary N) is 1. The van der Waals surface area contributed by atoms with E-state index in [1.165, 1.54) is 4.68 Å². The fraction of sp³-hybridized carbons (Fsp3) is 0.278. The lowest BCUT2D eigenvalue weighted by Crippen LogP contribution is -2.25. The molecule has 0 amide bonds. The van der Waals surface area contributed by atoms with Crippen LogP contribution in [0.15, 0.2) is 59.5 Å². The van der Waals surface area contributed by atoms with Gasteiger partial charge in [-0.15, -0.1) is 0 Å². The zero-order valence-electron chi connectivity index (χ0n) is 14.3. The Balaban J connectivity index is 0.000000292. The molecular weight excluding hydrogens is 302 g/mol. The van der Waals surface area contributed by atoms with E-state index < -0.39 is 0 Å². The molecular formula is C18H23N5O. The molecule has 0 spiro atoms. The second kappa shape index (κ2) is 8.79. The van der Waals surface area contributed by atoms with Crippen LogP contribution in [0.3, 0.4) is 0 Å². The second-order valence-electron chi connectivity index (χ2n) is 5.56. The minimum atomic E-state index is -0.128. The molecule has 0 saturated carbocycles. The number of aromatic nitrogens is 3. The molecule has 0 aliphatic heterocycles. The number of pyridine rings is 1. The third-order valence-electron chi connectivity index (χ3n) is 3.32. The quantitative estimate of drug-likeness (QED) is 0.795. The standard InChI is InChI=1S/C12H17N5O.C6H6/c1-16(2)8-7-14-11-10-9(5-4-6-13-10)12(18)17(3)15-11;1-2-4-6-5-3-1/h4-6H,7-8H2,1-3H3,(H,14,15);1-6H. The van der Waals surface area contributed by atoms with E-state index in [2.05, 4.69) is 20.3 Å². The average Bonchev–Trinajstić information content (AvgIpc) is 2.61. The van der Waals surface area contributed by atoms with Gasteiger partial charge >= 0.3 is 0 Å². The Hall–Kier alpha value is -2.73. The molecule has 24 heavy (non-hydrogen) atoms. The van der Waals surface area contributed by atoms with Crippen molar-refractivity contribution in [2.45, 2.75) is 0 Å². The molecule has 0 fully saturated rings. The summed E-state index contributed by atoms with van der Waals surface area (Å²) in [6.45, 7) is 1.64. The molecule has 6 heteroatoms. The van der Waals surface area contributed by atoms with Gasteiger partial charge in [0.05, 0.1) is 5.39 Å². The van der Waals surface area contributed by atoms with Crippen LogP contribution in [-0.4, -0.2) is 46.8 Å². The van der Waals surface area contributed by atoms with Gasteiger partial charge in [-0.05, 0) is 26.2 Å². The topological polar surface area (TPSA) is 63.1 Å². The van der Waals surface area contributed by atoms with E-state index in [-0.39, 0.29) is 5.56 Å². The fourth-order valence-electron chi connectivity index (χ4n) is 2.09. The first-order valence-electron chi connectivity index (χ1n) is 7.80. The lowest BCUT2D eigenvalue weighted by Gasteiger charge is -2.12. The Labute approximate surface area is 141 Å². The van der Waals surface area contributed by atoms with E-state index >= 15 is 0 Å². The molecule has 0 aliphatic carbocycles. The summed E-state index contributed by atoms with van der Waals surface area (Å²) in [5, 5.41) is 8.01. The minimum Gasteiger partial charge on any atom is -0.366 e. The van der Waals surface area contributed by atoms with E-state index in [0.29, 0.717) is 16.7 Å². The Bertz CT molecular complexity index is 788. The van der Waals surface area contributed by atoms with Gasteiger partial charge in [0.1, 0.15) is 5.52 Å². The van der Waals surface area contributed by atoms with Crippen LogP contribution in [-0.2, 0) is 7.05 Å². The van der Waals surface area contributed by atoms with Gasteiger partial charge < -0.3 is 10.2 Å². The number of hydrogen-bond donors (Lipinski definition) is 1. The van der Waals surface area contributed by atoms with Crippen molar-refractivity contribution in [2.75, 3.05) is 32.5 Å². The molecule has 0 unspecified atom stereocenters. The third kappa shape index (κ3) is 4.89. The predicted octanol–water partition coefficient (Wildman–Crippen LogP) is 1.99. The summed E-state index contributed by atoms with van der Waals surface area (Å²) in [4.78, 5) is 18.2. The first-order chi connectivity index (χ1) is 11.6. The summed E-state index contributed by atoms with van der Waals surface area (Å²) in [7, 11) is 5.66. The smallest absolute Gasteiger partial charge is 0.276 e. The minimum absolute atomic E-state index is 0.128. The van der Waals surface area contributed by atoms with Gasteiger partial charge in [0.15, 0.2) is 5.82 Å². The fourth-order valence-corrected chi connectivity index (χ4v) is 2.09. The molecule has 2 heterocycles. The average molecular weight is 325 g/mol. The molecule has 0 aliphatic rings. The molecule has 0 bridgehead atoms. The molecule has 3 aromatic rings. The van der Waals surface area contributed by atoms with Gasteiger partial charge in [-0.25, -0.2) is 4.68 Å². The first kappa shape index (κ1) is 17.6. The van der Waals surface area contributed by atoms with Gasteiger partial charge in [0.2, 0.25) is 0 Å². The van der Waals surface area contributed by atoms with Crippen LogP contribution in [0.25, 0.3) is 10.9 Å². The zero-order valence-corrected chi connectivity index (χ0v) is 14.3. The van der Waals surface area contributed by atoms with Gasteiger partial charge in [-0.3, -0.25) is 9.78 Å². The molecule has 1 aromatic carbocycles. The summed E-state index contributed by atoms with van der Waals surface area (Å²) < 4.78 is 1.34. The van der Waals surface area contributed by atoms with Crippen molar-refractivity contribution in [1.82, 2.24) is 19.7 Å². The Kier molecular flexibility index (Phi) is 6.45. The monoisotopic (exact) mass is 325 g/mol. The number of benzene rings is 1. The van der Waals surface area contributed by atoms with E-state index in [4.69, 9.17) is 0 Å². The molecule has 6 nitrogen and oxygen atoms in total. The van der Waals surface area contributed by atoms with Crippen molar-refractivity contribution >= 4 is 16.7 Å². The van der Waals surface area contributed by atoms with Crippen LogP contribution in [0.1, 0.15) is 0 Å². The van der Waals surface area contributed by atoms with Crippen LogP contribution in [0.2, 0.25) is 0 Å². The van der Waals surface area contributed by atoms with Crippen molar-refractivity contribution < 1.29 is 0 Å². The van der Waals surface area contributed by atoms with Crippen molar-refractivity contribution in [3.63, 3.8) is 0 Å². The highest BCUT2D eigenvalue weighted by Gasteiger charge is 2.08. The maximum atomic E-state index is 11.9. The van der Waals surface area contributed by atoms with Crippen LogP contribution in [0, 0.1) is 0 Å². The highest BCUT2D eigenvalue weighted by molar-refractivity contribution is 5.86. The highest BCUT2D eigenvalue weighted by Crippen LogP contribution is 2.13. The number of anilines is 1. The van der Waals surface area contributed by atoms with Gasteiger partial charge in [-0.2, -0.15) is 5.10 Å². The number of fused-ring (bicyclic) bond motifs is 1. The number of rotatable bonds is 4. The summed E-state index contributed by atoms with van der Waals surface area (Å²) >= 11 is 0. The van der Waals surface area contributed by atoms with Crippen molar-refractivity contribution in [2.24, 2.45) is 7.05 Å². The summed E-state index contributed by atoms with van der Waals surface area (Å²) in [5.41, 5.74) is 0.496. The Morgan fingerprint density at radius 3 is 2.29 bits per heavy atom. The SMILES string of the molecule is CN(C)CCNc1nn(C)c(=O)c2cccnc12.c1ccccc1. The Morgan fingerprint density at radius 2 is 1.71 bits per heavy atom. The van der Waals surface area contributed by atoms with Crippen LogP contribution in [0.5, 0.6) is 0 Å². The molecule has 0 saturated heterocycles. The second-order valence-corrected chi connectivity index (χ2v) is 5.56. The van der Waals surface area contributed by atoms with Crippen LogP contribution < -0.4 is 10.9 Å². The molecule has 126 valence electrons. The van der Waals surface area contributed by atoms with Gasteiger partial charge in [0.25, 0.3) is 5.56 Å². The first-order valence-corrected chi connectivity index (χ1v) is 7.80. The maximum absolute atomic E-state index is 11.9. The number of nitrogens with zero attached hydrogens (tertiary/aromatic N) is 4. The highest BCUT2D eigenvalue weighted by atomic mass is 16.1. The predicted molar refractivity (Wildman–Crippen MR) is 98.3 cm³/mol. The van der Waals surface area contributed by atoms with Gasteiger partial charge in [-0.1, -0.05) is 36.4 Å². The maximum Gasteiger partial charge on any atom is 0.276 e. The lowest BCUT2D eigenvalue weighted by atomic mass is 10.3. The molecule has 0 radical (unpaired) electrons. The van der Waals surface area contributed by atoms with E-state index in [1.54, 1.807) is 25.4 Å². The van der Waals surface area contributed by atoms with Crippen LogP contribution in [0.4, 0.5) is 5.82 Å². The van der Waals surface area contributed by atoms with Crippen molar-refractivity contribution in [1.29, 1.82) is 0 Å². The molecule has 3 rings (SSSR count). The van der Waals surface area contributed by atoms with E-state index in [0.717, 1.165) is 13.1 Å². The molecule has 0 atom stereocenters. The number of aryl methyl sites for hydroxylation is 1. The zero-order chi connectivity index (χ0) is 17.4. The third-order valence-corrected chi connectivity index (χ3v) is 3.32. The van der Waals surface area contributed by atoms with Crippen LogP contribution >= 0.6 is 0 Å². The van der Waals surface area contributed by atoms with Gasteiger partial charge in [0, 0.05) is 26.3 Å². The van der Waals surface area contributed by atoms with Crippen molar-refractivity contribution in [3.8, 4) is 0 Å². The van der Waals surface area contributed by atoms with E-state index in [9.17, 15) is 4.79 Å². The summed E-state index contributed by atoms with van der Waals surface area (Å²) in [6, 6.07) is 15.5. The number of likely N-dealkylation sites (N-methyl/N-ethyl adjacent to an activating group) is 1. The number of hydrogen-bond acceptors (Lipinski definition) is 5. The van der Waals surface area contributed by atoms with E-state index in [1.807, 2.05) is 50.5 Å². The summed E-state index contributed by atoms with van der Waals surface area (Å²) in [5.74, 6) is 0.648. The normalized spacial score (nSPS) is 10.3. The van der Waals surface area contributed by atoms with Crippen molar-refractivity contribution in [3.05, 3.63) is 65.1 Å². The Morgan fingerprint density at radius 1 is 1.08 bits per heavy atom. The largest absolute Gasteiger partial charge is 0.366 e. The molecule has 1 N–H and O–H groups in total. The summed E-state index contributed by atoms with van der Waals surface area (Å²) in [6.07, 6.45) is 1.67. The molecule has 2 aromatic heterocycles.